The van der Waals surface area contributed by atoms with E-state index in [9.17, 15) is 4.79 Å². The van der Waals surface area contributed by atoms with Crippen molar-refractivity contribution in [3.63, 3.8) is 0 Å². The molecule has 160 valence electrons. The summed E-state index contributed by atoms with van der Waals surface area (Å²) in [6, 6.07) is 23.5. The number of aromatic nitrogens is 3. The zero-order valence-electron chi connectivity index (χ0n) is 17.4. The number of aliphatic imine (C=N–C) groups is 1. The van der Waals surface area contributed by atoms with Gasteiger partial charge in [-0.05, 0) is 36.1 Å². The molecule has 2 aromatic carbocycles. The molecule has 1 aliphatic rings. The summed E-state index contributed by atoms with van der Waals surface area (Å²) in [6.45, 7) is 1.89. The van der Waals surface area contributed by atoms with E-state index in [-0.39, 0.29) is 11.9 Å². The van der Waals surface area contributed by atoms with E-state index in [1.165, 1.54) is 5.56 Å². The molecule has 0 fully saturated rings. The third-order valence-corrected chi connectivity index (χ3v) is 7.12. The van der Waals surface area contributed by atoms with Crippen LogP contribution in [0.5, 0.6) is 0 Å². The van der Waals surface area contributed by atoms with Crippen molar-refractivity contribution >= 4 is 46.4 Å². The van der Waals surface area contributed by atoms with Gasteiger partial charge in [-0.1, -0.05) is 66.4 Å². The van der Waals surface area contributed by atoms with Crippen LogP contribution in [0.25, 0.3) is 0 Å². The van der Waals surface area contributed by atoms with Gasteiger partial charge >= 0.3 is 0 Å². The van der Waals surface area contributed by atoms with Crippen molar-refractivity contribution < 1.29 is 4.79 Å². The second-order valence-electron chi connectivity index (χ2n) is 7.46. The molecule has 2 unspecified atom stereocenters. The number of nitrogens with one attached hydrogen (secondary N) is 1. The van der Waals surface area contributed by atoms with Gasteiger partial charge in [0.15, 0.2) is 0 Å². The van der Waals surface area contributed by atoms with Gasteiger partial charge in [0.2, 0.25) is 17.0 Å². The summed E-state index contributed by atoms with van der Waals surface area (Å²) >= 11 is 3.18. The quantitative estimate of drug-likeness (QED) is 0.382. The fraction of sp³-hybridized carbons (Fsp3) is 0.167. The van der Waals surface area contributed by atoms with Crippen molar-refractivity contribution in [2.24, 2.45) is 10.9 Å². The number of amides is 1. The molecule has 0 radical (unpaired) electrons. The van der Waals surface area contributed by atoms with Gasteiger partial charge in [0.25, 0.3) is 0 Å². The number of carbonyl (C=O) groups excluding carboxylic acids is 1. The number of rotatable bonds is 6. The number of hydrogen-bond donors (Lipinski definition) is 1. The molecule has 0 spiro atoms. The molecule has 3 heterocycles. The maximum Gasteiger partial charge on any atom is 0.249 e. The van der Waals surface area contributed by atoms with E-state index < -0.39 is 5.92 Å². The first-order valence-corrected chi connectivity index (χ1v) is 12.1. The van der Waals surface area contributed by atoms with E-state index in [0.29, 0.717) is 11.1 Å². The van der Waals surface area contributed by atoms with Crippen molar-refractivity contribution in [2.75, 3.05) is 5.32 Å². The monoisotopic (exact) mass is 459 g/mol. The molecule has 2 aromatic heterocycles. The van der Waals surface area contributed by atoms with Crippen LogP contribution in [0, 0.1) is 5.92 Å². The van der Waals surface area contributed by atoms with Crippen LogP contribution in [0.2, 0.25) is 0 Å². The highest BCUT2D eigenvalue weighted by Gasteiger charge is 2.39. The Morgan fingerprint density at radius 3 is 2.53 bits per heavy atom. The van der Waals surface area contributed by atoms with Crippen LogP contribution in [0.15, 0.2) is 88.3 Å². The molecule has 4 aromatic rings. The average molecular weight is 460 g/mol. The summed E-state index contributed by atoms with van der Waals surface area (Å²) in [5.41, 5.74) is 2.70. The standard InChI is InChI=1S/C24H21N5OS2/c1-16-20(22(30)26-18-11-6-3-7-12-18)21(19-13-8-14-31-19)29-23(25-16)27-24(28-29)32-15-17-9-4-2-5-10-17/h2-14,20-21H,15H2,1H3,(H,26,30). The Balaban J connectivity index is 1.46. The normalized spacial score (nSPS) is 17.5. The third kappa shape index (κ3) is 4.24. The number of para-hydroxylation sites is 1. The van der Waals surface area contributed by atoms with Crippen molar-refractivity contribution in [3.8, 4) is 0 Å². The molecule has 32 heavy (non-hydrogen) atoms. The van der Waals surface area contributed by atoms with Crippen LogP contribution in [0.1, 0.15) is 23.4 Å². The van der Waals surface area contributed by atoms with Gasteiger partial charge in [-0.2, -0.15) is 4.98 Å². The van der Waals surface area contributed by atoms with E-state index in [2.05, 4.69) is 27.4 Å². The predicted octanol–water partition coefficient (Wildman–Crippen LogP) is 5.58. The smallest absolute Gasteiger partial charge is 0.249 e. The number of thioether (sulfide) groups is 1. The van der Waals surface area contributed by atoms with Gasteiger partial charge in [0.1, 0.15) is 12.0 Å². The highest BCUT2D eigenvalue weighted by molar-refractivity contribution is 7.98. The minimum absolute atomic E-state index is 0.101. The van der Waals surface area contributed by atoms with Crippen LogP contribution < -0.4 is 5.32 Å². The lowest BCUT2D eigenvalue weighted by Gasteiger charge is -2.29. The van der Waals surface area contributed by atoms with E-state index in [4.69, 9.17) is 5.10 Å². The first-order chi connectivity index (χ1) is 15.7. The Morgan fingerprint density at radius 1 is 1.06 bits per heavy atom. The van der Waals surface area contributed by atoms with Gasteiger partial charge in [-0.25, -0.2) is 9.67 Å². The summed E-state index contributed by atoms with van der Waals surface area (Å²) in [6.07, 6.45) is 0. The minimum Gasteiger partial charge on any atom is -0.325 e. The van der Waals surface area contributed by atoms with E-state index in [0.717, 1.165) is 22.0 Å². The van der Waals surface area contributed by atoms with Crippen LogP contribution in [-0.2, 0) is 10.5 Å². The Hall–Kier alpha value is -3.23. The van der Waals surface area contributed by atoms with Gasteiger partial charge in [0.05, 0.1) is 0 Å². The first kappa shape index (κ1) is 20.7. The summed E-state index contributed by atoms with van der Waals surface area (Å²) in [4.78, 5) is 23.7. The molecular weight excluding hydrogens is 438 g/mol. The number of fused-ring (bicyclic) bond motifs is 1. The van der Waals surface area contributed by atoms with Gasteiger partial charge in [-0.15, -0.1) is 16.4 Å². The van der Waals surface area contributed by atoms with E-state index in [1.54, 1.807) is 27.8 Å². The number of benzene rings is 2. The molecule has 1 aliphatic heterocycles. The zero-order valence-corrected chi connectivity index (χ0v) is 19.0. The topological polar surface area (TPSA) is 72.2 Å². The highest BCUT2D eigenvalue weighted by Crippen LogP contribution is 2.39. The first-order valence-electron chi connectivity index (χ1n) is 10.3. The molecule has 0 saturated carbocycles. The lowest BCUT2D eigenvalue weighted by Crippen LogP contribution is -2.38. The summed E-state index contributed by atoms with van der Waals surface area (Å²) < 4.78 is 1.81. The molecule has 1 N–H and O–H groups in total. The number of hydrogen-bond acceptors (Lipinski definition) is 6. The fourth-order valence-corrected chi connectivity index (χ4v) is 5.38. The molecule has 1 amide bonds. The van der Waals surface area contributed by atoms with Crippen LogP contribution in [0.4, 0.5) is 11.6 Å². The Bertz CT molecular complexity index is 1240. The average Bonchev–Trinajstić information content (AvgIpc) is 3.48. The van der Waals surface area contributed by atoms with Crippen molar-refractivity contribution in [1.29, 1.82) is 0 Å². The number of nitrogens with zero attached hydrogens (tertiary/aromatic N) is 4. The number of anilines is 1. The van der Waals surface area contributed by atoms with Crippen molar-refractivity contribution in [2.45, 2.75) is 23.9 Å². The molecule has 2 atom stereocenters. The molecule has 0 aliphatic carbocycles. The lowest BCUT2D eigenvalue weighted by atomic mass is 9.91. The minimum atomic E-state index is -0.477. The molecule has 6 nitrogen and oxygen atoms in total. The molecule has 0 bridgehead atoms. The Labute approximate surface area is 194 Å². The van der Waals surface area contributed by atoms with Gasteiger partial charge < -0.3 is 5.32 Å². The van der Waals surface area contributed by atoms with Crippen LogP contribution in [0.3, 0.4) is 0 Å². The number of carbonyl (C=O) groups is 1. The van der Waals surface area contributed by atoms with Crippen molar-refractivity contribution in [1.82, 2.24) is 14.8 Å². The maximum atomic E-state index is 13.4. The Kier molecular flexibility index (Phi) is 5.87. The highest BCUT2D eigenvalue weighted by atomic mass is 32.2. The molecule has 5 rings (SSSR count). The largest absolute Gasteiger partial charge is 0.325 e. The number of thiophene rings is 1. The van der Waals surface area contributed by atoms with Crippen LogP contribution in [-0.4, -0.2) is 26.4 Å². The molecule has 8 heteroatoms. The van der Waals surface area contributed by atoms with Gasteiger partial charge in [-0.3, -0.25) is 4.79 Å². The molecular formula is C24H21N5OS2. The Morgan fingerprint density at radius 2 is 1.81 bits per heavy atom. The summed E-state index contributed by atoms with van der Waals surface area (Å²) in [5.74, 6) is 0.736. The molecule has 0 saturated heterocycles. The SMILES string of the molecule is CC1=Nc2nc(SCc3ccccc3)nn2C(c2cccs2)C1C(=O)Nc1ccccc1. The second-order valence-corrected chi connectivity index (χ2v) is 9.38. The van der Waals surface area contributed by atoms with Gasteiger partial charge in [0, 0.05) is 22.0 Å². The summed E-state index contributed by atoms with van der Waals surface area (Å²) in [5, 5.41) is 10.5. The lowest BCUT2D eigenvalue weighted by molar-refractivity contribution is -0.118. The van der Waals surface area contributed by atoms with E-state index in [1.807, 2.05) is 73.0 Å². The van der Waals surface area contributed by atoms with E-state index >= 15 is 0 Å². The zero-order chi connectivity index (χ0) is 21.9. The third-order valence-electron chi connectivity index (χ3n) is 5.27. The fourth-order valence-electron chi connectivity index (χ4n) is 3.76. The predicted molar refractivity (Wildman–Crippen MR) is 130 cm³/mol. The maximum absolute atomic E-state index is 13.4. The van der Waals surface area contributed by atoms with Crippen molar-refractivity contribution in [3.05, 3.63) is 88.6 Å². The van der Waals surface area contributed by atoms with Crippen LogP contribution >= 0.6 is 23.1 Å². The summed E-state index contributed by atoms with van der Waals surface area (Å²) in [7, 11) is 0. The second kappa shape index (κ2) is 9.10.